The number of nitrogens with zero attached hydrogens (tertiary/aromatic N) is 2. The maximum absolute atomic E-state index is 5.97. The number of ether oxygens (including phenoxy) is 1. The van der Waals surface area contributed by atoms with Gasteiger partial charge in [-0.3, -0.25) is 0 Å². The lowest BCUT2D eigenvalue weighted by Crippen LogP contribution is -2.19. The summed E-state index contributed by atoms with van der Waals surface area (Å²) in [7, 11) is 0. The van der Waals surface area contributed by atoms with E-state index in [0.29, 0.717) is 12.0 Å². The Bertz CT molecular complexity index is 467. The molecule has 0 spiro atoms. The summed E-state index contributed by atoms with van der Waals surface area (Å²) in [6, 6.07) is 0.685. The molecular weight excluding hydrogens is 262 g/mol. The first-order valence-corrected chi connectivity index (χ1v) is 8.44. The quantitative estimate of drug-likeness (QED) is 0.796. The number of hydrogen-bond donors (Lipinski definition) is 1. The molecule has 1 aromatic rings. The highest BCUT2D eigenvalue weighted by Crippen LogP contribution is 2.29. The molecule has 0 saturated heterocycles. The Morgan fingerprint density at radius 3 is 2.71 bits per heavy atom. The van der Waals surface area contributed by atoms with Gasteiger partial charge in [0.15, 0.2) is 5.75 Å². The number of hydrogen-bond acceptors (Lipinski definition) is 4. The Kier molecular flexibility index (Phi) is 4.73. The van der Waals surface area contributed by atoms with Crippen LogP contribution in [0.2, 0.25) is 0 Å². The van der Waals surface area contributed by atoms with E-state index in [-0.39, 0.29) is 0 Å². The topological polar surface area (TPSA) is 47.0 Å². The van der Waals surface area contributed by atoms with Crippen LogP contribution < -0.4 is 10.1 Å². The highest BCUT2D eigenvalue weighted by Gasteiger charge is 2.22. The Hall–Kier alpha value is -1.16. The molecule has 21 heavy (non-hydrogen) atoms. The van der Waals surface area contributed by atoms with Gasteiger partial charge in [-0.2, -0.15) is 0 Å². The lowest BCUT2D eigenvalue weighted by Gasteiger charge is -2.25. The summed E-state index contributed by atoms with van der Waals surface area (Å²) in [5.74, 6) is 3.02. The molecule has 2 aliphatic rings. The highest BCUT2D eigenvalue weighted by molar-refractivity contribution is 5.25. The van der Waals surface area contributed by atoms with E-state index in [1.54, 1.807) is 0 Å². The number of aromatic nitrogens is 2. The second kappa shape index (κ2) is 6.73. The van der Waals surface area contributed by atoms with E-state index in [0.717, 1.165) is 36.3 Å². The van der Waals surface area contributed by atoms with Crippen LogP contribution in [0.1, 0.15) is 69.8 Å². The lowest BCUT2D eigenvalue weighted by atomic mass is 9.83. The standard InChI is InChI=1S/C17H27N3O/c1-12(2)17-19-11-16(21-9-8-13-4-3-5-13)15(20-17)10-18-14-6-7-14/h11-14,18H,3-10H2,1-2H3. The van der Waals surface area contributed by atoms with Crippen molar-refractivity contribution in [1.82, 2.24) is 15.3 Å². The molecule has 4 nitrogen and oxygen atoms in total. The minimum Gasteiger partial charge on any atom is -0.490 e. The van der Waals surface area contributed by atoms with E-state index in [2.05, 4.69) is 24.1 Å². The lowest BCUT2D eigenvalue weighted by molar-refractivity contribution is 0.219. The third-order valence-corrected chi connectivity index (χ3v) is 4.51. The highest BCUT2D eigenvalue weighted by atomic mass is 16.5. The molecule has 1 heterocycles. The fraction of sp³-hybridized carbons (Fsp3) is 0.765. The zero-order chi connectivity index (χ0) is 14.7. The van der Waals surface area contributed by atoms with Crippen LogP contribution in [0.4, 0.5) is 0 Å². The predicted molar refractivity (Wildman–Crippen MR) is 83.4 cm³/mol. The largest absolute Gasteiger partial charge is 0.490 e. The predicted octanol–water partition coefficient (Wildman–Crippen LogP) is 3.42. The third-order valence-electron chi connectivity index (χ3n) is 4.51. The molecule has 2 saturated carbocycles. The smallest absolute Gasteiger partial charge is 0.160 e. The zero-order valence-electron chi connectivity index (χ0n) is 13.3. The maximum Gasteiger partial charge on any atom is 0.160 e. The minimum absolute atomic E-state index is 0.355. The first-order chi connectivity index (χ1) is 10.2. The molecule has 3 rings (SSSR count). The van der Waals surface area contributed by atoms with Crippen LogP contribution >= 0.6 is 0 Å². The number of nitrogens with one attached hydrogen (secondary N) is 1. The van der Waals surface area contributed by atoms with Gasteiger partial charge < -0.3 is 10.1 Å². The van der Waals surface area contributed by atoms with Crippen molar-refractivity contribution < 1.29 is 4.74 Å². The molecule has 0 radical (unpaired) electrons. The van der Waals surface area contributed by atoms with Gasteiger partial charge in [0.2, 0.25) is 0 Å². The molecule has 0 bridgehead atoms. The van der Waals surface area contributed by atoms with E-state index in [9.17, 15) is 0 Å². The summed E-state index contributed by atoms with van der Waals surface area (Å²) in [5.41, 5.74) is 1.02. The molecule has 0 unspecified atom stereocenters. The second-order valence-corrected chi connectivity index (χ2v) is 6.78. The van der Waals surface area contributed by atoms with Crippen molar-refractivity contribution in [3.63, 3.8) is 0 Å². The van der Waals surface area contributed by atoms with Crippen molar-refractivity contribution in [1.29, 1.82) is 0 Å². The second-order valence-electron chi connectivity index (χ2n) is 6.78. The van der Waals surface area contributed by atoms with E-state index in [1.165, 1.54) is 38.5 Å². The summed E-state index contributed by atoms with van der Waals surface area (Å²) in [6.07, 6.45) is 9.77. The summed E-state index contributed by atoms with van der Waals surface area (Å²) in [5, 5.41) is 3.53. The van der Waals surface area contributed by atoms with E-state index in [4.69, 9.17) is 9.72 Å². The molecule has 2 fully saturated rings. The molecular formula is C17H27N3O. The molecule has 1 N–H and O–H groups in total. The van der Waals surface area contributed by atoms with Gasteiger partial charge in [0.25, 0.3) is 0 Å². The molecule has 0 aliphatic heterocycles. The molecule has 4 heteroatoms. The normalized spacial score (nSPS) is 18.8. The molecule has 0 atom stereocenters. The van der Waals surface area contributed by atoms with Gasteiger partial charge in [-0.15, -0.1) is 0 Å². The average Bonchev–Trinajstić information content (AvgIpc) is 3.24. The van der Waals surface area contributed by atoms with Crippen molar-refractivity contribution in [2.75, 3.05) is 6.61 Å². The van der Waals surface area contributed by atoms with Crippen molar-refractivity contribution >= 4 is 0 Å². The first kappa shape index (κ1) is 14.8. The van der Waals surface area contributed by atoms with Crippen LogP contribution in [-0.4, -0.2) is 22.6 Å². The molecule has 0 amide bonds. The van der Waals surface area contributed by atoms with Crippen molar-refractivity contribution in [2.45, 2.75) is 70.9 Å². The summed E-state index contributed by atoms with van der Waals surface area (Å²) in [6.45, 7) is 5.85. The van der Waals surface area contributed by atoms with E-state index < -0.39 is 0 Å². The molecule has 1 aromatic heterocycles. The van der Waals surface area contributed by atoms with Gasteiger partial charge in [0.05, 0.1) is 18.5 Å². The van der Waals surface area contributed by atoms with Crippen LogP contribution in [-0.2, 0) is 6.54 Å². The van der Waals surface area contributed by atoms with E-state index >= 15 is 0 Å². The Labute approximate surface area is 127 Å². The Balaban J connectivity index is 1.60. The zero-order valence-corrected chi connectivity index (χ0v) is 13.3. The van der Waals surface area contributed by atoms with Crippen LogP contribution in [0, 0.1) is 5.92 Å². The maximum atomic E-state index is 5.97. The van der Waals surface area contributed by atoms with Gasteiger partial charge in [-0.05, 0) is 25.2 Å². The SMILES string of the molecule is CC(C)c1ncc(OCCC2CCC2)c(CNC2CC2)n1. The van der Waals surface area contributed by atoms with Crippen molar-refractivity contribution in [2.24, 2.45) is 5.92 Å². The van der Waals surface area contributed by atoms with Crippen LogP contribution in [0.25, 0.3) is 0 Å². The summed E-state index contributed by atoms with van der Waals surface area (Å²) in [4.78, 5) is 9.15. The first-order valence-electron chi connectivity index (χ1n) is 8.44. The minimum atomic E-state index is 0.355. The average molecular weight is 289 g/mol. The fourth-order valence-electron chi connectivity index (χ4n) is 2.59. The van der Waals surface area contributed by atoms with Crippen molar-refractivity contribution in [3.05, 3.63) is 17.7 Å². The van der Waals surface area contributed by atoms with Gasteiger partial charge in [0, 0.05) is 18.5 Å². The summed E-state index contributed by atoms with van der Waals surface area (Å²) < 4.78 is 5.97. The van der Waals surface area contributed by atoms with Gasteiger partial charge in [0.1, 0.15) is 5.82 Å². The monoisotopic (exact) mass is 289 g/mol. The number of rotatable bonds is 8. The molecule has 116 valence electrons. The van der Waals surface area contributed by atoms with Gasteiger partial charge in [-0.1, -0.05) is 33.1 Å². The van der Waals surface area contributed by atoms with Crippen LogP contribution in [0.15, 0.2) is 6.20 Å². The van der Waals surface area contributed by atoms with Crippen LogP contribution in [0.3, 0.4) is 0 Å². The molecule has 0 aromatic carbocycles. The van der Waals surface area contributed by atoms with Crippen molar-refractivity contribution in [3.8, 4) is 5.75 Å². The van der Waals surface area contributed by atoms with E-state index in [1.807, 2.05) is 6.20 Å². The summed E-state index contributed by atoms with van der Waals surface area (Å²) >= 11 is 0. The fourth-order valence-corrected chi connectivity index (χ4v) is 2.59. The Morgan fingerprint density at radius 1 is 1.29 bits per heavy atom. The van der Waals surface area contributed by atoms with Crippen LogP contribution in [0.5, 0.6) is 5.75 Å². The molecule has 2 aliphatic carbocycles. The Morgan fingerprint density at radius 2 is 2.10 bits per heavy atom. The third kappa shape index (κ3) is 4.16. The van der Waals surface area contributed by atoms with Gasteiger partial charge in [-0.25, -0.2) is 9.97 Å². The van der Waals surface area contributed by atoms with Gasteiger partial charge >= 0.3 is 0 Å².